The molecule has 5 aromatic rings. The summed E-state index contributed by atoms with van der Waals surface area (Å²) in [5.41, 5.74) is 3.99. The number of hydrogen-bond donors (Lipinski definition) is 2. The number of benzene rings is 2. The zero-order valence-corrected chi connectivity index (χ0v) is 18.2. The zero-order valence-electron chi connectivity index (χ0n) is 16.6. The molecule has 0 aliphatic carbocycles. The molecule has 10 heteroatoms. The fraction of sp³-hybridized carbons (Fsp3) is 0.190. The molecule has 8 nitrogen and oxygen atoms in total. The van der Waals surface area contributed by atoms with Crippen molar-refractivity contribution in [2.45, 2.75) is 25.0 Å². The number of hydrogen-bond acceptors (Lipinski definition) is 8. The van der Waals surface area contributed by atoms with Gasteiger partial charge < -0.3 is 14.7 Å². The second-order valence-electron chi connectivity index (χ2n) is 6.99. The van der Waals surface area contributed by atoms with Crippen LogP contribution in [0.1, 0.15) is 17.3 Å². The molecule has 156 valence electrons. The van der Waals surface area contributed by atoms with E-state index in [-0.39, 0.29) is 11.7 Å². The van der Waals surface area contributed by atoms with E-state index in [1.807, 2.05) is 43.3 Å². The van der Waals surface area contributed by atoms with Gasteiger partial charge >= 0.3 is 0 Å². The Morgan fingerprint density at radius 1 is 1.13 bits per heavy atom. The summed E-state index contributed by atoms with van der Waals surface area (Å²) in [5.74, 6) is 1.40. The first-order valence-electron chi connectivity index (χ1n) is 9.68. The van der Waals surface area contributed by atoms with Gasteiger partial charge in [-0.15, -0.1) is 10.2 Å². The van der Waals surface area contributed by atoms with Crippen LogP contribution in [0.5, 0.6) is 0 Å². The molecule has 0 spiro atoms. The normalized spacial score (nSPS) is 11.4. The maximum atomic E-state index is 12.3. The Morgan fingerprint density at radius 3 is 2.94 bits per heavy atom. The molecule has 1 amide bonds. The molecule has 0 atom stereocenters. The average Bonchev–Trinajstić information content (AvgIpc) is 3.47. The molecule has 0 unspecified atom stereocenters. The van der Waals surface area contributed by atoms with Crippen LogP contribution in [0.4, 0.5) is 5.13 Å². The molecule has 0 radical (unpaired) electrons. The van der Waals surface area contributed by atoms with Gasteiger partial charge in [-0.2, -0.15) is 0 Å². The highest BCUT2D eigenvalue weighted by atomic mass is 32.2. The van der Waals surface area contributed by atoms with Gasteiger partial charge in [0.15, 0.2) is 5.13 Å². The highest BCUT2D eigenvalue weighted by Gasteiger charge is 2.13. The molecule has 0 aliphatic rings. The first-order valence-corrected chi connectivity index (χ1v) is 11.5. The Labute approximate surface area is 185 Å². The molecule has 0 saturated heterocycles. The average molecular weight is 451 g/mol. The number of carbonyl (C=O) groups excluding carboxylic acids is 1. The number of carbonyl (C=O) groups is 1. The van der Waals surface area contributed by atoms with Crippen molar-refractivity contribution in [3.8, 4) is 0 Å². The van der Waals surface area contributed by atoms with E-state index in [0.29, 0.717) is 29.1 Å². The number of H-pyrrole nitrogens is 1. The molecule has 5 rings (SSSR count). The third kappa shape index (κ3) is 4.59. The summed E-state index contributed by atoms with van der Waals surface area (Å²) in [7, 11) is 0. The Hall–Kier alpha value is -3.24. The summed E-state index contributed by atoms with van der Waals surface area (Å²) in [6.45, 7) is 2.03. The summed E-state index contributed by atoms with van der Waals surface area (Å²) < 4.78 is 6.70. The lowest BCUT2D eigenvalue weighted by Gasteiger charge is -1.98. The molecular formula is C21H18N6O2S2. The number of para-hydroxylation sites is 2. The van der Waals surface area contributed by atoms with E-state index in [4.69, 9.17) is 4.42 Å². The molecular weight excluding hydrogens is 432 g/mol. The van der Waals surface area contributed by atoms with Crippen LogP contribution in [0.15, 0.2) is 52.1 Å². The number of amides is 1. The Morgan fingerprint density at radius 2 is 2.03 bits per heavy atom. The second kappa shape index (κ2) is 8.48. The molecule has 0 fully saturated rings. The van der Waals surface area contributed by atoms with Gasteiger partial charge in [-0.3, -0.25) is 4.79 Å². The van der Waals surface area contributed by atoms with Crippen LogP contribution in [-0.2, 0) is 17.6 Å². The summed E-state index contributed by atoms with van der Waals surface area (Å²) in [6, 6.07) is 13.9. The van der Waals surface area contributed by atoms with E-state index in [0.717, 1.165) is 32.6 Å². The van der Waals surface area contributed by atoms with E-state index < -0.39 is 0 Å². The minimum atomic E-state index is -0.164. The highest BCUT2D eigenvalue weighted by Crippen LogP contribution is 2.27. The standard InChI is InChI=1S/C21H18N6O2S2/c1-12-6-7-15-16(10-12)31-20(24-15)25-18(28)11-30-21-27-26-19(29-21)9-8-17-22-13-4-2-3-5-14(13)23-17/h2-7,10H,8-9,11H2,1H3,(H,22,23)(H,24,25,28). The number of thioether (sulfide) groups is 1. The van der Waals surface area contributed by atoms with Crippen molar-refractivity contribution in [2.24, 2.45) is 0 Å². The number of imidazole rings is 1. The van der Waals surface area contributed by atoms with Crippen LogP contribution in [0, 0.1) is 6.92 Å². The van der Waals surface area contributed by atoms with E-state index >= 15 is 0 Å². The maximum absolute atomic E-state index is 12.3. The number of aromatic nitrogens is 5. The first-order chi connectivity index (χ1) is 15.1. The summed E-state index contributed by atoms with van der Waals surface area (Å²) in [5, 5.41) is 11.9. The monoisotopic (exact) mass is 450 g/mol. The third-order valence-electron chi connectivity index (χ3n) is 4.58. The van der Waals surface area contributed by atoms with Crippen LogP contribution in [0.3, 0.4) is 0 Å². The molecule has 3 aromatic heterocycles. The van der Waals surface area contributed by atoms with Crippen molar-refractivity contribution < 1.29 is 9.21 Å². The minimum absolute atomic E-state index is 0.164. The fourth-order valence-electron chi connectivity index (χ4n) is 3.11. The van der Waals surface area contributed by atoms with Gasteiger partial charge in [-0.1, -0.05) is 41.3 Å². The van der Waals surface area contributed by atoms with Crippen molar-refractivity contribution in [2.75, 3.05) is 11.1 Å². The minimum Gasteiger partial charge on any atom is -0.416 e. The van der Waals surface area contributed by atoms with Crippen molar-refractivity contribution in [1.29, 1.82) is 0 Å². The van der Waals surface area contributed by atoms with Gasteiger partial charge in [0.25, 0.3) is 5.22 Å². The number of nitrogens with one attached hydrogen (secondary N) is 2. The number of rotatable bonds is 7. The number of fused-ring (bicyclic) bond motifs is 2. The summed E-state index contributed by atoms with van der Waals surface area (Å²) in [4.78, 5) is 24.5. The van der Waals surface area contributed by atoms with Crippen LogP contribution in [0.2, 0.25) is 0 Å². The smallest absolute Gasteiger partial charge is 0.277 e. The van der Waals surface area contributed by atoms with Crippen molar-refractivity contribution >= 4 is 55.4 Å². The van der Waals surface area contributed by atoms with Crippen LogP contribution in [0.25, 0.3) is 21.3 Å². The van der Waals surface area contributed by atoms with E-state index in [9.17, 15) is 4.79 Å². The fourth-order valence-corrected chi connectivity index (χ4v) is 4.68. The summed E-state index contributed by atoms with van der Waals surface area (Å²) in [6.07, 6.45) is 1.24. The highest BCUT2D eigenvalue weighted by molar-refractivity contribution is 7.99. The van der Waals surface area contributed by atoms with Crippen molar-refractivity contribution in [3.05, 3.63) is 59.7 Å². The maximum Gasteiger partial charge on any atom is 0.277 e. The topological polar surface area (TPSA) is 110 Å². The summed E-state index contributed by atoms with van der Waals surface area (Å²) >= 11 is 2.66. The number of nitrogens with zero attached hydrogens (tertiary/aromatic N) is 4. The lowest BCUT2D eigenvalue weighted by molar-refractivity contribution is -0.113. The molecule has 2 aromatic carbocycles. The second-order valence-corrected chi connectivity index (χ2v) is 8.95. The van der Waals surface area contributed by atoms with Gasteiger partial charge in [0.1, 0.15) is 5.82 Å². The molecule has 0 bridgehead atoms. The SMILES string of the molecule is Cc1ccc2nc(NC(=O)CSc3nnc(CCc4nc5ccccc5[nH]4)o3)sc2c1. The van der Waals surface area contributed by atoms with Crippen LogP contribution < -0.4 is 5.32 Å². The molecule has 0 aliphatic heterocycles. The predicted octanol–water partition coefficient (Wildman–Crippen LogP) is 4.38. The van der Waals surface area contributed by atoms with Crippen LogP contribution in [-0.4, -0.2) is 36.8 Å². The molecule has 2 N–H and O–H groups in total. The van der Waals surface area contributed by atoms with E-state index in [1.165, 1.54) is 23.1 Å². The largest absolute Gasteiger partial charge is 0.416 e. The quantitative estimate of drug-likeness (QED) is 0.354. The number of anilines is 1. The Balaban J connectivity index is 1.13. The number of aromatic amines is 1. The Bertz CT molecular complexity index is 1340. The lowest BCUT2D eigenvalue weighted by atomic mass is 10.2. The van der Waals surface area contributed by atoms with Crippen molar-refractivity contribution in [1.82, 2.24) is 25.1 Å². The first kappa shape index (κ1) is 19.7. The van der Waals surface area contributed by atoms with Gasteiger partial charge in [0.05, 0.1) is 27.0 Å². The number of aryl methyl sites for hydroxylation is 3. The van der Waals surface area contributed by atoms with E-state index in [1.54, 1.807) is 0 Å². The molecule has 31 heavy (non-hydrogen) atoms. The Kier molecular flexibility index (Phi) is 5.39. The lowest BCUT2D eigenvalue weighted by Crippen LogP contribution is -2.13. The van der Waals surface area contributed by atoms with Gasteiger partial charge in [-0.25, -0.2) is 9.97 Å². The van der Waals surface area contributed by atoms with Gasteiger partial charge in [0, 0.05) is 12.8 Å². The number of thiazole rings is 1. The third-order valence-corrected chi connectivity index (χ3v) is 6.33. The zero-order chi connectivity index (χ0) is 21.2. The van der Waals surface area contributed by atoms with E-state index in [2.05, 4.69) is 36.5 Å². The van der Waals surface area contributed by atoms with Gasteiger partial charge in [-0.05, 0) is 36.8 Å². The van der Waals surface area contributed by atoms with Gasteiger partial charge in [0.2, 0.25) is 11.8 Å². The van der Waals surface area contributed by atoms with Crippen molar-refractivity contribution in [3.63, 3.8) is 0 Å². The predicted molar refractivity (Wildman–Crippen MR) is 122 cm³/mol. The molecule has 0 saturated carbocycles. The molecule has 3 heterocycles. The van der Waals surface area contributed by atoms with Crippen LogP contribution >= 0.6 is 23.1 Å².